The maximum Gasteiger partial charge on any atom is 0.315 e. The highest BCUT2D eigenvalue weighted by Gasteiger charge is 2.28. The summed E-state index contributed by atoms with van der Waals surface area (Å²) >= 11 is 3.37. The third kappa shape index (κ3) is 6.62. The van der Waals surface area contributed by atoms with Crippen molar-refractivity contribution in [3.8, 4) is 0 Å². The first-order valence-electron chi connectivity index (χ1n) is 6.69. The Morgan fingerprint density at radius 1 is 1.33 bits per heavy atom. The van der Waals surface area contributed by atoms with Gasteiger partial charge >= 0.3 is 12.0 Å². The third-order valence-electron chi connectivity index (χ3n) is 3.07. The minimum absolute atomic E-state index is 0.103. The molecule has 2 amide bonds. The van der Waals surface area contributed by atoms with E-state index in [2.05, 4.69) is 26.6 Å². The van der Waals surface area contributed by atoms with Crippen molar-refractivity contribution in [2.24, 2.45) is 5.41 Å². The highest BCUT2D eigenvalue weighted by molar-refractivity contribution is 9.10. The summed E-state index contributed by atoms with van der Waals surface area (Å²) in [5.74, 6) is -0.929. The van der Waals surface area contributed by atoms with Gasteiger partial charge in [-0.3, -0.25) is 4.79 Å². The van der Waals surface area contributed by atoms with E-state index in [9.17, 15) is 9.59 Å². The van der Waals surface area contributed by atoms with Crippen molar-refractivity contribution in [3.63, 3.8) is 0 Å². The van der Waals surface area contributed by atoms with Crippen LogP contribution in [0.2, 0.25) is 0 Å². The van der Waals surface area contributed by atoms with E-state index in [0.717, 1.165) is 10.0 Å². The van der Waals surface area contributed by atoms with E-state index in [1.807, 2.05) is 45.0 Å². The Hall–Kier alpha value is -1.56. The molecule has 1 unspecified atom stereocenters. The van der Waals surface area contributed by atoms with Crippen LogP contribution in [0.25, 0.3) is 0 Å². The second-order valence-electron chi connectivity index (χ2n) is 5.97. The predicted octanol–water partition coefficient (Wildman–Crippen LogP) is 3.14. The lowest BCUT2D eigenvalue weighted by molar-refractivity contribution is -0.138. The molecule has 6 heteroatoms. The van der Waals surface area contributed by atoms with Crippen molar-refractivity contribution in [2.45, 2.75) is 39.8 Å². The van der Waals surface area contributed by atoms with E-state index in [0.29, 0.717) is 6.54 Å². The minimum atomic E-state index is -0.929. The van der Waals surface area contributed by atoms with Crippen LogP contribution in [0.15, 0.2) is 28.7 Å². The van der Waals surface area contributed by atoms with E-state index in [-0.39, 0.29) is 17.9 Å². The van der Waals surface area contributed by atoms with Crippen LogP contribution in [0.3, 0.4) is 0 Å². The second kappa shape index (κ2) is 7.45. The van der Waals surface area contributed by atoms with Crippen LogP contribution >= 0.6 is 15.9 Å². The Morgan fingerprint density at radius 2 is 2.00 bits per heavy atom. The molecular weight excluding hydrogens is 336 g/mol. The Labute approximate surface area is 133 Å². The molecule has 0 spiro atoms. The molecule has 0 aliphatic rings. The highest BCUT2D eigenvalue weighted by atomic mass is 79.9. The summed E-state index contributed by atoms with van der Waals surface area (Å²) < 4.78 is 0.945. The van der Waals surface area contributed by atoms with E-state index >= 15 is 0 Å². The van der Waals surface area contributed by atoms with Gasteiger partial charge in [0.05, 0.1) is 6.42 Å². The molecule has 1 rings (SSSR count). The standard InChI is InChI=1S/C15H21BrN2O3/c1-15(2,3)12(8-13(19)20)18-14(21)17-9-10-5-4-6-11(16)7-10/h4-7,12H,8-9H2,1-3H3,(H,19,20)(H2,17,18,21). The van der Waals surface area contributed by atoms with Crippen LogP contribution in [-0.2, 0) is 11.3 Å². The number of aliphatic carboxylic acids is 1. The van der Waals surface area contributed by atoms with Crippen LogP contribution in [0.5, 0.6) is 0 Å². The summed E-state index contributed by atoms with van der Waals surface area (Å²) in [5.41, 5.74) is 0.635. The molecule has 116 valence electrons. The topological polar surface area (TPSA) is 78.4 Å². The smallest absolute Gasteiger partial charge is 0.315 e. The molecule has 5 nitrogen and oxygen atoms in total. The van der Waals surface area contributed by atoms with Gasteiger partial charge in [0.2, 0.25) is 0 Å². The van der Waals surface area contributed by atoms with Crippen LogP contribution < -0.4 is 10.6 Å². The fourth-order valence-electron chi connectivity index (χ4n) is 1.79. The summed E-state index contributed by atoms with van der Waals surface area (Å²) in [5, 5.41) is 14.4. The van der Waals surface area contributed by atoms with Gasteiger partial charge in [-0.25, -0.2) is 4.79 Å². The Bertz CT molecular complexity index is 512. The van der Waals surface area contributed by atoms with Crippen molar-refractivity contribution in [1.82, 2.24) is 10.6 Å². The molecule has 3 N–H and O–H groups in total. The fourth-order valence-corrected chi connectivity index (χ4v) is 2.23. The maximum absolute atomic E-state index is 11.9. The zero-order valence-electron chi connectivity index (χ0n) is 12.4. The van der Waals surface area contributed by atoms with Crippen LogP contribution in [0.1, 0.15) is 32.8 Å². The zero-order chi connectivity index (χ0) is 16.0. The summed E-state index contributed by atoms with van der Waals surface area (Å²) in [6.45, 7) is 6.08. The number of amides is 2. The van der Waals surface area contributed by atoms with Gasteiger partial charge in [-0.05, 0) is 23.1 Å². The summed E-state index contributed by atoms with van der Waals surface area (Å²) in [6, 6.07) is 6.82. The first kappa shape index (κ1) is 17.5. The van der Waals surface area contributed by atoms with Crippen molar-refractivity contribution in [3.05, 3.63) is 34.3 Å². The average Bonchev–Trinajstić information content (AvgIpc) is 2.34. The molecule has 0 aliphatic carbocycles. The molecule has 21 heavy (non-hydrogen) atoms. The van der Waals surface area contributed by atoms with Crippen LogP contribution in [0.4, 0.5) is 4.79 Å². The average molecular weight is 357 g/mol. The normalized spacial score (nSPS) is 12.6. The largest absolute Gasteiger partial charge is 0.481 e. The number of urea groups is 1. The first-order chi connectivity index (χ1) is 9.68. The quantitative estimate of drug-likeness (QED) is 0.758. The molecule has 0 saturated heterocycles. The predicted molar refractivity (Wildman–Crippen MR) is 85.0 cm³/mol. The molecule has 1 aromatic rings. The number of carboxylic acid groups (broad SMARTS) is 1. The lowest BCUT2D eigenvalue weighted by atomic mass is 9.85. The number of carbonyl (C=O) groups excluding carboxylic acids is 1. The molecular formula is C15H21BrN2O3. The van der Waals surface area contributed by atoms with Crippen molar-refractivity contribution in [2.75, 3.05) is 0 Å². The lowest BCUT2D eigenvalue weighted by Gasteiger charge is -2.30. The van der Waals surface area contributed by atoms with Crippen molar-refractivity contribution in [1.29, 1.82) is 0 Å². The lowest BCUT2D eigenvalue weighted by Crippen LogP contribution is -2.48. The van der Waals surface area contributed by atoms with E-state index in [1.165, 1.54) is 0 Å². The third-order valence-corrected chi connectivity index (χ3v) is 3.56. The van der Waals surface area contributed by atoms with Gasteiger partial charge in [0, 0.05) is 17.1 Å². The molecule has 0 aromatic heterocycles. The molecule has 0 bridgehead atoms. The Morgan fingerprint density at radius 3 is 2.52 bits per heavy atom. The first-order valence-corrected chi connectivity index (χ1v) is 7.48. The molecule has 1 aromatic carbocycles. The summed E-state index contributed by atoms with van der Waals surface area (Å²) in [7, 11) is 0. The zero-order valence-corrected chi connectivity index (χ0v) is 14.0. The van der Waals surface area contributed by atoms with Gasteiger partial charge in [0.1, 0.15) is 0 Å². The SMILES string of the molecule is CC(C)(C)C(CC(=O)O)NC(=O)NCc1cccc(Br)c1. The molecule has 0 fully saturated rings. The van der Waals surface area contributed by atoms with E-state index in [4.69, 9.17) is 5.11 Å². The number of carbonyl (C=O) groups is 2. The van der Waals surface area contributed by atoms with Gasteiger partial charge in [-0.15, -0.1) is 0 Å². The summed E-state index contributed by atoms with van der Waals surface area (Å²) in [6.07, 6.45) is -0.103. The molecule has 0 aliphatic heterocycles. The van der Waals surface area contributed by atoms with Gasteiger partial charge in [-0.2, -0.15) is 0 Å². The Balaban J connectivity index is 2.56. The highest BCUT2D eigenvalue weighted by Crippen LogP contribution is 2.21. The number of hydrogen-bond acceptors (Lipinski definition) is 2. The van der Waals surface area contributed by atoms with Gasteiger partial charge in [0.25, 0.3) is 0 Å². The monoisotopic (exact) mass is 356 g/mol. The Kier molecular flexibility index (Phi) is 6.20. The van der Waals surface area contributed by atoms with Gasteiger partial charge in [0.15, 0.2) is 0 Å². The van der Waals surface area contributed by atoms with E-state index < -0.39 is 12.0 Å². The minimum Gasteiger partial charge on any atom is -0.481 e. The van der Waals surface area contributed by atoms with Crippen molar-refractivity contribution >= 4 is 27.9 Å². The number of rotatable bonds is 5. The number of hydrogen-bond donors (Lipinski definition) is 3. The second-order valence-corrected chi connectivity index (χ2v) is 6.89. The number of benzene rings is 1. The van der Waals surface area contributed by atoms with Crippen LogP contribution in [-0.4, -0.2) is 23.1 Å². The molecule has 0 radical (unpaired) electrons. The molecule has 0 heterocycles. The number of halogens is 1. The molecule has 0 saturated carbocycles. The van der Waals surface area contributed by atoms with E-state index in [1.54, 1.807) is 0 Å². The number of carboxylic acids is 1. The van der Waals surface area contributed by atoms with Gasteiger partial charge < -0.3 is 15.7 Å². The maximum atomic E-state index is 11.9. The summed E-state index contributed by atoms with van der Waals surface area (Å²) in [4.78, 5) is 22.8. The fraction of sp³-hybridized carbons (Fsp3) is 0.467. The molecule has 1 atom stereocenters. The van der Waals surface area contributed by atoms with Crippen LogP contribution in [0, 0.1) is 5.41 Å². The number of nitrogens with one attached hydrogen (secondary N) is 2. The van der Waals surface area contributed by atoms with Gasteiger partial charge in [-0.1, -0.05) is 48.8 Å². The van der Waals surface area contributed by atoms with Crippen molar-refractivity contribution < 1.29 is 14.7 Å².